The number of amides is 1. The number of piperazine rings is 1. The second-order valence-corrected chi connectivity index (χ2v) is 9.99. The Morgan fingerprint density at radius 2 is 1.61 bits per heavy atom. The van der Waals surface area contributed by atoms with Crippen LogP contribution in [-0.4, -0.2) is 80.1 Å². The fourth-order valence-electron chi connectivity index (χ4n) is 3.39. The van der Waals surface area contributed by atoms with E-state index >= 15 is 0 Å². The topological polar surface area (TPSA) is 116 Å². The molecule has 3 rings (SSSR count). The van der Waals surface area contributed by atoms with E-state index < -0.39 is 28.0 Å². The van der Waals surface area contributed by atoms with Crippen LogP contribution in [0.1, 0.15) is 18.9 Å². The van der Waals surface area contributed by atoms with Crippen molar-refractivity contribution in [2.24, 2.45) is 0 Å². The molecule has 0 unspecified atom stereocenters. The third-order valence-electron chi connectivity index (χ3n) is 5.33. The van der Waals surface area contributed by atoms with Crippen molar-refractivity contribution in [1.82, 2.24) is 14.5 Å². The van der Waals surface area contributed by atoms with Gasteiger partial charge in [-0.3, -0.25) is 4.79 Å². The number of carbonyl (C=O) groups is 2. The van der Waals surface area contributed by atoms with Gasteiger partial charge in [0.25, 0.3) is 0 Å². The first-order valence-corrected chi connectivity index (χ1v) is 13.0. The molecule has 0 aromatic heterocycles. The van der Waals surface area contributed by atoms with Gasteiger partial charge in [-0.25, -0.2) is 17.6 Å². The fourth-order valence-corrected chi connectivity index (χ4v) is 4.82. The molecule has 1 amide bonds. The monoisotopic (exact) mass is 563 g/mol. The maximum atomic E-state index is 13.3. The van der Waals surface area contributed by atoms with Gasteiger partial charge in [0.05, 0.1) is 11.5 Å². The van der Waals surface area contributed by atoms with Gasteiger partial charge in [0.15, 0.2) is 0 Å². The number of benzene rings is 2. The molecular weight excluding hydrogens is 534 g/mol. The van der Waals surface area contributed by atoms with Crippen molar-refractivity contribution in [3.8, 4) is 5.75 Å². The zero-order chi connectivity index (χ0) is 28.3. The SMILES string of the molecule is CCOc1ccc(S(=O)(=O)N(CCC(=O)N2CCNCC2)Cc2ccc(F)cc2)cc1.O=C(O)C(F)(F)F. The van der Waals surface area contributed by atoms with Gasteiger partial charge < -0.3 is 20.1 Å². The largest absolute Gasteiger partial charge is 0.494 e. The molecule has 0 aliphatic carbocycles. The number of hydrogen-bond acceptors (Lipinski definition) is 6. The minimum absolute atomic E-state index is 0.0374. The quantitative estimate of drug-likeness (QED) is 0.451. The summed E-state index contributed by atoms with van der Waals surface area (Å²) in [5.74, 6) is -2.64. The lowest BCUT2D eigenvalue weighted by Crippen LogP contribution is -2.47. The average molecular weight is 564 g/mol. The Kier molecular flexibility index (Phi) is 11.5. The Hall–Kier alpha value is -3.23. The van der Waals surface area contributed by atoms with Crippen molar-refractivity contribution < 1.29 is 45.4 Å². The Balaban J connectivity index is 0.000000638. The van der Waals surface area contributed by atoms with Gasteiger partial charge in [0.2, 0.25) is 15.9 Å². The molecule has 0 atom stereocenters. The molecule has 1 heterocycles. The first-order chi connectivity index (χ1) is 17.8. The molecule has 0 spiro atoms. The molecule has 38 heavy (non-hydrogen) atoms. The van der Waals surface area contributed by atoms with Gasteiger partial charge in [-0.2, -0.15) is 17.5 Å². The van der Waals surface area contributed by atoms with E-state index in [0.717, 1.165) is 13.1 Å². The third-order valence-corrected chi connectivity index (χ3v) is 7.19. The van der Waals surface area contributed by atoms with Crippen molar-refractivity contribution in [2.75, 3.05) is 39.3 Å². The van der Waals surface area contributed by atoms with Crippen LogP contribution in [0, 0.1) is 5.82 Å². The zero-order valence-electron chi connectivity index (χ0n) is 20.6. The number of alkyl halides is 3. The van der Waals surface area contributed by atoms with Crippen molar-refractivity contribution in [2.45, 2.75) is 31.0 Å². The van der Waals surface area contributed by atoms with E-state index in [1.54, 1.807) is 29.2 Å². The van der Waals surface area contributed by atoms with E-state index in [-0.39, 0.29) is 30.3 Å². The summed E-state index contributed by atoms with van der Waals surface area (Å²) in [5, 5.41) is 10.3. The predicted octanol–water partition coefficient (Wildman–Crippen LogP) is 2.87. The number of carboxylic acid groups (broad SMARTS) is 1. The van der Waals surface area contributed by atoms with Crippen LogP contribution in [-0.2, 0) is 26.2 Å². The van der Waals surface area contributed by atoms with Crippen LogP contribution in [0.3, 0.4) is 0 Å². The maximum Gasteiger partial charge on any atom is 0.490 e. The van der Waals surface area contributed by atoms with E-state index in [4.69, 9.17) is 14.6 Å². The Labute approximate surface area is 218 Å². The van der Waals surface area contributed by atoms with Gasteiger partial charge in [-0.1, -0.05) is 12.1 Å². The summed E-state index contributed by atoms with van der Waals surface area (Å²) in [5.41, 5.74) is 0.644. The summed E-state index contributed by atoms with van der Waals surface area (Å²) in [6.07, 6.45) is -5.00. The molecule has 0 saturated carbocycles. The highest BCUT2D eigenvalue weighted by Crippen LogP contribution is 2.22. The van der Waals surface area contributed by atoms with E-state index in [9.17, 15) is 30.8 Å². The number of halogens is 4. The molecule has 210 valence electrons. The Morgan fingerprint density at radius 1 is 1.05 bits per heavy atom. The van der Waals surface area contributed by atoms with Gasteiger partial charge in [-0.15, -0.1) is 0 Å². The normalized spacial score (nSPS) is 14.0. The van der Waals surface area contributed by atoms with E-state index in [0.29, 0.717) is 31.0 Å². The molecule has 2 aromatic carbocycles. The molecule has 0 bridgehead atoms. The van der Waals surface area contributed by atoms with Crippen LogP contribution in [0.4, 0.5) is 17.6 Å². The molecule has 0 radical (unpaired) electrons. The van der Waals surface area contributed by atoms with Crippen molar-refractivity contribution in [1.29, 1.82) is 0 Å². The average Bonchev–Trinajstić information content (AvgIpc) is 2.88. The van der Waals surface area contributed by atoms with Crippen molar-refractivity contribution in [3.63, 3.8) is 0 Å². The standard InChI is InChI=1S/C22H28FN3O4S.C2HF3O2/c1-2-30-20-7-9-21(10-8-20)31(28,29)26(17-18-3-5-19(23)6-4-18)14-11-22(27)25-15-12-24-13-16-25;3-2(4,5)1(6)7/h3-10,24H,2,11-17H2,1H3;(H,6,7). The van der Waals surface area contributed by atoms with Gasteiger partial charge in [0, 0.05) is 45.7 Å². The number of nitrogens with zero attached hydrogens (tertiary/aromatic N) is 2. The van der Waals surface area contributed by atoms with E-state index in [1.807, 2.05) is 6.92 Å². The summed E-state index contributed by atoms with van der Waals surface area (Å²) >= 11 is 0. The lowest BCUT2D eigenvalue weighted by atomic mass is 10.2. The lowest BCUT2D eigenvalue weighted by Gasteiger charge is -2.29. The molecule has 1 aliphatic heterocycles. The first-order valence-electron chi connectivity index (χ1n) is 11.6. The first kappa shape index (κ1) is 31.0. The summed E-state index contributed by atoms with van der Waals surface area (Å²) in [6.45, 7) is 5.11. The van der Waals surface area contributed by atoms with Crippen molar-refractivity contribution >= 4 is 21.9 Å². The van der Waals surface area contributed by atoms with Crippen molar-refractivity contribution in [3.05, 3.63) is 59.9 Å². The highest BCUT2D eigenvalue weighted by molar-refractivity contribution is 7.89. The summed E-state index contributed by atoms with van der Waals surface area (Å²) in [4.78, 5) is 23.4. The lowest BCUT2D eigenvalue weighted by molar-refractivity contribution is -0.192. The molecule has 1 saturated heterocycles. The van der Waals surface area contributed by atoms with Gasteiger partial charge >= 0.3 is 12.1 Å². The second kappa shape index (κ2) is 14.1. The number of sulfonamides is 1. The zero-order valence-corrected chi connectivity index (χ0v) is 21.4. The molecule has 9 nitrogen and oxygen atoms in total. The molecule has 14 heteroatoms. The van der Waals surface area contributed by atoms with Crippen LogP contribution >= 0.6 is 0 Å². The Morgan fingerprint density at radius 3 is 2.11 bits per heavy atom. The number of hydrogen-bond donors (Lipinski definition) is 2. The third kappa shape index (κ3) is 9.58. The summed E-state index contributed by atoms with van der Waals surface area (Å²) in [6, 6.07) is 11.9. The van der Waals surface area contributed by atoms with Crippen LogP contribution in [0.25, 0.3) is 0 Å². The van der Waals surface area contributed by atoms with Crippen LogP contribution in [0.2, 0.25) is 0 Å². The highest BCUT2D eigenvalue weighted by Gasteiger charge is 2.38. The number of carbonyl (C=O) groups excluding carboxylic acids is 1. The second-order valence-electron chi connectivity index (χ2n) is 8.05. The number of carboxylic acids is 1. The van der Waals surface area contributed by atoms with Crippen LogP contribution in [0.15, 0.2) is 53.4 Å². The van der Waals surface area contributed by atoms with Crippen LogP contribution in [0.5, 0.6) is 5.75 Å². The molecule has 2 aromatic rings. The van der Waals surface area contributed by atoms with Gasteiger partial charge in [0.1, 0.15) is 11.6 Å². The number of aliphatic carboxylic acids is 1. The number of rotatable bonds is 9. The van der Waals surface area contributed by atoms with E-state index in [2.05, 4.69) is 5.32 Å². The Bertz CT molecular complexity index is 1150. The van der Waals surface area contributed by atoms with Gasteiger partial charge in [-0.05, 0) is 48.9 Å². The fraction of sp³-hybridized carbons (Fsp3) is 0.417. The van der Waals surface area contributed by atoms with E-state index in [1.165, 1.54) is 28.6 Å². The summed E-state index contributed by atoms with van der Waals surface area (Å²) in [7, 11) is -3.87. The molecule has 2 N–H and O–H groups in total. The minimum atomic E-state index is -5.08. The minimum Gasteiger partial charge on any atom is -0.494 e. The van der Waals surface area contributed by atoms with Crippen LogP contribution < -0.4 is 10.1 Å². The number of ether oxygens (including phenoxy) is 1. The number of nitrogens with one attached hydrogen (secondary N) is 1. The molecule has 1 fully saturated rings. The smallest absolute Gasteiger partial charge is 0.490 e. The molecule has 1 aliphatic rings. The highest BCUT2D eigenvalue weighted by atomic mass is 32.2. The predicted molar refractivity (Wildman–Crippen MR) is 129 cm³/mol. The maximum absolute atomic E-state index is 13.3. The molecular formula is C24H29F4N3O6S. The summed E-state index contributed by atoms with van der Waals surface area (Å²) < 4.78 is 78.4.